The molecule has 1 aliphatic carbocycles. The van der Waals surface area contributed by atoms with Crippen molar-refractivity contribution in [3.63, 3.8) is 0 Å². The SMILES string of the molecule is C[C@@H](Cn1cccn1)NC(=O)C1(c2cccc(Cl)c2)CC1. The molecule has 0 unspecified atom stereocenters. The quantitative estimate of drug-likeness (QED) is 0.923. The predicted octanol–water partition coefficient (Wildman–Crippen LogP) is 2.77. The van der Waals surface area contributed by atoms with E-state index >= 15 is 0 Å². The summed E-state index contributed by atoms with van der Waals surface area (Å²) in [6.07, 6.45) is 5.40. The molecule has 0 spiro atoms. The molecule has 1 aliphatic rings. The fourth-order valence-corrected chi connectivity index (χ4v) is 2.84. The summed E-state index contributed by atoms with van der Waals surface area (Å²) in [4.78, 5) is 12.6. The Kier molecular flexibility index (Phi) is 3.72. The molecule has 1 amide bonds. The molecule has 0 bridgehead atoms. The van der Waals surface area contributed by atoms with Crippen molar-refractivity contribution in [2.75, 3.05) is 0 Å². The van der Waals surface area contributed by atoms with E-state index in [1.807, 2.05) is 48.1 Å². The molecule has 21 heavy (non-hydrogen) atoms. The van der Waals surface area contributed by atoms with Crippen molar-refractivity contribution < 1.29 is 4.79 Å². The number of nitrogens with zero attached hydrogens (tertiary/aromatic N) is 2. The van der Waals surface area contributed by atoms with Crippen LogP contribution in [0.15, 0.2) is 42.7 Å². The molecule has 5 heteroatoms. The van der Waals surface area contributed by atoms with Gasteiger partial charge >= 0.3 is 0 Å². The standard InChI is InChI=1S/C16H18ClN3O/c1-12(11-20-9-3-8-18-20)19-15(21)16(6-7-16)13-4-2-5-14(17)10-13/h2-5,8-10,12H,6-7,11H2,1H3,(H,19,21)/t12-/m0/s1. The maximum absolute atomic E-state index is 12.6. The molecule has 1 N–H and O–H groups in total. The second-order valence-electron chi connectivity index (χ2n) is 5.70. The summed E-state index contributed by atoms with van der Waals surface area (Å²) < 4.78 is 1.82. The maximum atomic E-state index is 12.6. The van der Waals surface area contributed by atoms with E-state index in [1.165, 1.54) is 0 Å². The van der Waals surface area contributed by atoms with Crippen LogP contribution in [0.2, 0.25) is 5.02 Å². The number of hydrogen-bond donors (Lipinski definition) is 1. The lowest BCUT2D eigenvalue weighted by Gasteiger charge is -2.20. The second kappa shape index (κ2) is 5.53. The van der Waals surface area contributed by atoms with E-state index in [0.29, 0.717) is 11.6 Å². The van der Waals surface area contributed by atoms with Gasteiger partial charge in [-0.3, -0.25) is 9.48 Å². The molecular formula is C16H18ClN3O. The van der Waals surface area contributed by atoms with Gasteiger partial charge in [0.2, 0.25) is 5.91 Å². The number of carbonyl (C=O) groups is 1. The number of benzene rings is 1. The summed E-state index contributed by atoms with van der Waals surface area (Å²) in [5, 5.41) is 7.93. The summed E-state index contributed by atoms with van der Waals surface area (Å²) in [6.45, 7) is 2.66. The zero-order valence-corrected chi connectivity index (χ0v) is 12.7. The zero-order chi connectivity index (χ0) is 14.9. The van der Waals surface area contributed by atoms with Crippen LogP contribution in [0.3, 0.4) is 0 Å². The highest BCUT2D eigenvalue weighted by Gasteiger charge is 2.51. The lowest BCUT2D eigenvalue weighted by Crippen LogP contribution is -2.42. The molecule has 1 heterocycles. The molecular weight excluding hydrogens is 286 g/mol. The Hall–Kier alpha value is -1.81. The van der Waals surface area contributed by atoms with Gasteiger partial charge in [0, 0.05) is 23.5 Å². The van der Waals surface area contributed by atoms with E-state index in [4.69, 9.17) is 11.6 Å². The van der Waals surface area contributed by atoms with Crippen molar-refractivity contribution in [1.82, 2.24) is 15.1 Å². The molecule has 0 aliphatic heterocycles. The highest BCUT2D eigenvalue weighted by atomic mass is 35.5. The van der Waals surface area contributed by atoms with Gasteiger partial charge in [-0.15, -0.1) is 0 Å². The first-order valence-electron chi connectivity index (χ1n) is 7.15. The lowest BCUT2D eigenvalue weighted by molar-refractivity contribution is -0.124. The van der Waals surface area contributed by atoms with Gasteiger partial charge in [0.1, 0.15) is 0 Å². The lowest BCUT2D eigenvalue weighted by atomic mass is 9.94. The molecule has 0 saturated heterocycles. The molecule has 1 atom stereocenters. The van der Waals surface area contributed by atoms with Gasteiger partial charge in [-0.05, 0) is 43.5 Å². The van der Waals surface area contributed by atoms with Crippen LogP contribution in [-0.4, -0.2) is 21.7 Å². The van der Waals surface area contributed by atoms with E-state index in [-0.39, 0.29) is 17.4 Å². The number of aromatic nitrogens is 2. The average molecular weight is 304 g/mol. The number of hydrogen-bond acceptors (Lipinski definition) is 2. The van der Waals surface area contributed by atoms with Gasteiger partial charge in [-0.1, -0.05) is 23.7 Å². The van der Waals surface area contributed by atoms with Crippen LogP contribution in [0.4, 0.5) is 0 Å². The third kappa shape index (κ3) is 2.95. The Morgan fingerprint density at radius 2 is 2.29 bits per heavy atom. The van der Waals surface area contributed by atoms with Gasteiger partial charge < -0.3 is 5.32 Å². The van der Waals surface area contributed by atoms with Crippen molar-refractivity contribution in [1.29, 1.82) is 0 Å². The van der Waals surface area contributed by atoms with Crippen molar-refractivity contribution in [3.8, 4) is 0 Å². The fourth-order valence-electron chi connectivity index (χ4n) is 2.65. The second-order valence-corrected chi connectivity index (χ2v) is 6.13. The van der Waals surface area contributed by atoms with Crippen LogP contribution in [0.25, 0.3) is 0 Å². The molecule has 1 fully saturated rings. The van der Waals surface area contributed by atoms with Crippen molar-refractivity contribution >= 4 is 17.5 Å². The van der Waals surface area contributed by atoms with E-state index in [2.05, 4.69) is 10.4 Å². The first kappa shape index (κ1) is 14.1. The molecule has 1 aromatic carbocycles. The van der Waals surface area contributed by atoms with Crippen LogP contribution in [0.1, 0.15) is 25.3 Å². The summed E-state index contributed by atoms with van der Waals surface area (Å²) in [6, 6.07) is 9.53. The molecule has 0 radical (unpaired) electrons. The molecule has 1 saturated carbocycles. The summed E-state index contributed by atoms with van der Waals surface area (Å²) in [5.41, 5.74) is 0.627. The summed E-state index contributed by atoms with van der Waals surface area (Å²) >= 11 is 6.04. The first-order valence-corrected chi connectivity index (χ1v) is 7.52. The Bertz CT molecular complexity index is 635. The Morgan fingerprint density at radius 1 is 1.48 bits per heavy atom. The van der Waals surface area contributed by atoms with Crippen LogP contribution >= 0.6 is 11.6 Å². The summed E-state index contributed by atoms with van der Waals surface area (Å²) in [5.74, 6) is 0.0874. The highest BCUT2D eigenvalue weighted by molar-refractivity contribution is 6.30. The van der Waals surface area contributed by atoms with Gasteiger partial charge in [-0.2, -0.15) is 5.10 Å². The number of carbonyl (C=O) groups excluding carboxylic acids is 1. The highest BCUT2D eigenvalue weighted by Crippen LogP contribution is 2.48. The Morgan fingerprint density at radius 3 is 2.90 bits per heavy atom. The third-order valence-corrected chi connectivity index (χ3v) is 4.19. The van der Waals surface area contributed by atoms with Gasteiger partial charge in [0.25, 0.3) is 0 Å². The van der Waals surface area contributed by atoms with Crippen LogP contribution < -0.4 is 5.32 Å². The first-order chi connectivity index (χ1) is 10.1. The molecule has 4 nitrogen and oxygen atoms in total. The van der Waals surface area contributed by atoms with E-state index in [1.54, 1.807) is 6.20 Å². The van der Waals surface area contributed by atoms with Crippen LogP contribution in [-0.2, 0) is 16.8 Å². The van der Waals surface area contributed by atoms with Crippen molar-refractivity contribution in [2.24, 2.45) is 0 Å². The topological polar surface area (TPSA) is 46.9 Å². The van der Waals surface area contributed by atoms with Gasteiger partial charge in [0.15, 0.2) is 0 Å². The van der Waals surface area contributed by atoms with Crippen molar-refractivity contribution in [3.05, 3.63) is 53.3 Å². The Balaban J connectivity index is 1.67. The van der Waals surface area contributed by atoms with Gasteiger partial charge in [-0.25, -0.2) is 0 Å². The fraction of sp³-hybridized carbons (Fsp3) is 0.375. The normalized spacial score (nSPS) is 17.2. The molecule has 3 rings (SSSR count). The average Bonchev–Trinajstić information content (AvgIpc) is 3.12. The monoisotopic (exact) mass is 303 g/mol. The Labute approximate surface area is 129 Å². The minimum absolute atomic E-state index is 0.0362. The minimum atomic E-state index is -0.386. The van der Waals surface area contributed by atoms with Crippen molar-refractivity contribution in [2.45, 2.75) is 37.8 Å². The number of rotatable bonds is 5. The van der Waals surface area contributed by atoms with Gasteiger partial charge in [0.05, 0.1) is 12.0 Å². The smallest absolute Gasteiger partial charge is 0.230 e. The predicted molar refractivity (Wildman–Crippen MR) is 82.2 cm³/mol. The minimum Gasteiger partial charge on any atom is -0.351 e. The molecule has 2 aromatic rings. The van der Waals surface area contributed by atoms with E-state index in [9.17, 15) is 4.79 Å². The summed E-state index contributed by atoms with van der Waals surface area (Å²) in [7, 11) is 0. The molecule has 1 aromatic heterocycles. The number of amides is 1. The van der Waals surface area contributed by atoms with Crippen LogP contribution in [0.5, 0.6) is 0 Å². The third-order valence-electron chi connectivity index (χ3n) is 3.96. The molecule has 110 valence electrons. The van der Waals surface area contributed by atoms with Crippen LogP contribution in [0, 0.1) is 0 Å². The van der Waals surface area contributed by atoms with E-state index in [0.717, 1.165) is 18.4 Å². The number of halogens is 1. The number of nitrogens with one attached hydrogen (secondary N) is 1. The van der Waals surface area contributed by atoms with E-state index < -0.39 is 0 Å². The maximum Gasteiger partial charge on any atom is 0.230 e. The zero-order valence-electron chi connectivity index (χ0n) is 11.9. The largest absolute Gasteiger partial charge is 0.351 e.